The molecule has 1 amide bonds. The van der Waals surface area contributed by atoms with Gasteiger partial charge in [0.2, 0.25) is 5.91 Å². The van der Waals surface area contributed by atoms with Crippen molar-refractivity contribution in [3.8, 4) is 0 Å². The smallest absolute Gasteiger partial charge is 0.222 e. The summed E-state index contributed by atoms with van der Waals surface area (Å²) in [7, 11) is 0. The standard InChI is InChI=1S/C20H39N5O2.HI/c1-4-21-20(22-8-6-10-25-9-5-7-19(25)26)23-16-18(15-17(2)3)24-11-13-27-14-12-24;/h17-18H,4-16H2,1-3H3,(H2,21,22,23);1H. The molecule has 1 unspecified atom stereocenters. The van der Waals surface area contributed by atoms with Crippen LogP contribution in [0.3, 0.4) is 0 Å². The molecular formula is C20H40IN5O2. The van der Waals surface area contributed by atoms with Gasteiger partial charge in [0, 0.05) is 51.7 Å². The number of morpholine rings is 1. The van der Waals surface area contributed by atoms with Crippen LogP contribution in [0.15, 0.2) is 4.99 Å². The molecule has 2 N–H and O–H groups in total. The Morgan fingerprint density at radius 2 is 1.96 bits per heavy atom. The molecule has 2 fully saturated rings. The summed E-state index contributed by atoms with van der Waals surface area (Å²) in [6.07, 6.45) is 3.83. The monoisotopic (exact) mass is 509 g/mol. The van der Waals surface area contributed by atoms with E-state index in [0.717, 1.165) is 90.7 Å². The van der Waals surface area contributed by atoms with Crippen LogP contribution >= 0.6 is 24.0 Å². The van der Waals surface area contributed by atoms with Crippen molar-refractivity contribution in [3.05, 3.63) is 0 Å². The molecule has 0 radical (unpaired) electrons. The fourth-order valence-corrected chi connectivity index (χ4v) is 3.78. The Bertz CT molecular complexity index is 470. The topological polar surface area (TPSA) is 69.2 Å². The summed E-state index contributed by atoms with van der Waals surface area (Å²) in [5.74, 6) is 1.84. The molecule has 2 rings (SSSR count). The van der Waals surface area contributed by atoms with Crippen molar-refractivity contribution in [2.24, 2.45) is 10.9 Å². The van der Waals surface area contributed by atoms with Crippen molar-refractivity contribution in [2.45, 2.75) is 52.5 Å². The maximum absolute atomic E-state index is 11.7. The summed E-state index contributed by atoms with van der Waals surface area (Å²) in [5, 5.41) is 6.78. The van der Waals surface area contributed by atoms with E-state index in [0.29, 0.717) is 17.9 Å². The van der Waals surface area contributed by atoms with Gasteiger partial charge in [-0.15, -0.1) is 24.0 Å². The molecule has 2 aliphatic heterocycles. The lowest BCUT2D eigenvalue weighted by Crippen LogP contribution is -2.46. The molecule has 0 aromatic rings. The van der Waals surface area contributed by atoms with E-state index in [1.807, 2.05) is 4.90 Å². The number of nitrogens with one attached hydrogen (secondary N) is 2. The fraction of sp³-hybridized carbons (Fsp3) is 0.900. The van der Waals surface area contributed by atoms with Crippen molar-refractivity contribution in [2.75, 3.05) is 59.0 Å². The Morgan fingerprint density at radius 3 is 2.57 bits per heavy atom. The van der Waals surface area contributed by atoms with Gasteiger partial charge in [-0.3, -0.25) is 14.7 Å². The van der Waals surface area contributed by atoms with Crippen molar-refractivity contribution in [1.82, 2.24) is 20.4 Å². The van der Waals surface area contributed by atoms with Crippen LogP contribution in [0.5, 0.6) is 0 Å². The van der Waals surface area contributed by atoms with Crippen molar-refractivity contribution in [1.29, 1.82) is 0 Å². The Balaban J connectivity index is 0.00000392. The molecule has 28 heavy (non-hydrogen) atoms. The fourth-order valence-electron chi connectivity index (χ4n) is 3.78. The van der Waals surface area contributed by atoms with E-state index in [1.165, 1.54) is 0 Å². The van der Waals surface area contributed by atoms with Gasteiger partial charge in [0.25, 0.3) is 0 Å². The molecule has 0 aliphatic carbocycles. The molecule has 7 nitrogen and oxygen atoms in total. The number of hydrogen-bond donors (Lipinski definition) is 2. The number of hydrogen-bond acceptors (Lipinski definition) is 4. The van der Waals surface area contributed by atoms with Crippen LogP contribution in [-0.2, 0) is 9.53 Å². The van der Waals surface area contributed by atoms with Gasteiger partial charge >= 0.3 is 0 Å². The Labute approximate surface area is 188 Å². The first-order valence-corrected chi connectivity index (χ1v) is 10.7. The second-order valence-electron chi connectivity index (χ2n) is 7.92. The van der Waals surface area contributed by atoms with Crippen LogP contribution in [0.4, 0.5) is 0 Å². The summed E-state index contributed by atoms with van der Waals surface area (Å²) >= 11 is 0. The Hall–Kier alpha value is -0.610. The van der Waals surface area contributed by atoms with Crippen LogP contribution in [0.2, 0.25) is 0 Å². The van der Waals surface area contributed by atoms with Gasteiger partial charge in [-0.1, -0.05) is 13.8 Å². The molecule has 164 valence electrons. The van der Waals surface area contributed by atoms with Crippen LogP contribution < -0.4 is 10.6 Å². The number of guanidine groups is 1. The minimum absolute atomic E-state index is 0. The second kappa shape index (κ2) is 14.4. The SMILES string of the molecule is CCNC(=NCC(CC(C)C)N1CCOCC1)NCCCN1CCCC1=O.I. The molecule has 0 saturated carbocycles. The minimum atomic E-state index is 0. The third kappa shape index (κ3) is 9.26. The molecule has 0 spiro atoms. The van der Waals surface area contributed by atoms with Gasteiger partial charge < -0.3 is 20.3 Å². The van der Waals surface area contributed by atoms with Crippen LogP contribution in [-0.4, -0.2) is 86.7 Å². The number of aliphatic imine (C=N–C) groups is 1. The van der Waals surface area contributed by atoms with Crippen molar-refractivity contribution < 1.29 is 9.53 Å². The zero-order valence-corrected chi connectivity index (χ0v) is 20.2. The number of halogens is 1. The third-order valence-electron chi connectivity index (χ3n) is 5.18. The average molecular weight is 509 g/mol. The highest BCUT2D eigenvalue weighted by molar-refractivity contribution is 14.0. The van der Waals surface area contributed by atoms with Crippen LogP contribution in [0.1, 0.15) is 46.5 Å². The molecule has 2 aliphatic rings. The van der Waals surface area contributed by atoms with Gasteiger partial charge in [0.1, 0.15) is 0 Å². The quantitative estimate of drug-likeness (QED) is 0.204. The number of likely N-dealkylation sites (tertiary alicyclic amines) is 1. The summed E-state index contributed by atoms with van der Waals surface area (Å²) < 4.78 is 5.50. The highest BCUT2D eigenvalue weighted by atomic mass is 127. The first-order valence-electron chi connectivity index (χ1n) is 10.7. The van der Waals surface area contributed by atoms with E-state index in [4.69, 9.17) is 9.73 Å². The number of ether oxygens (including phenoxy) is 1. The van der Waals surface area contributed by atoms with Gasteiger partial charge in [0.05, 0.1) is 19.8 Å². The second-order valence-corrected chi connectivity index (χ2v) is 7.92. The van der Waals surface area contributed by atoms with Crippen LogP contribution in [0, 0.1) is 5.92 Å². The van der Waals surface area contributed by atoms with Crippen molar-refractivity contribution in [3.63, 3.8) is 0 Å². The number of amides is 1. The number of carbonyl (C=O) groups excluding carboxylic acids is 1. The predicted octanol–water partition coefficient (Wildman–Crippen LogP) is 1.92. The van der Waals surface area contributed by atoms with Gasteiger partial charge in [-0.2, -0.15) is 0 Å². The maximum atomic E-state index is 11.7. The predicted molar refractivity (Wildman–Crippen MR) is 125 cm³/mol. The van der Waals surface area contributed by atoms with Gasteiger partial charge in [-0.05, 0) is 32.1 Å². The van der Waals surface area contributed by atoms with E-state index < -0.39 is 0 Å². The lowest BCUT2D eigenvalue weighted by atomic mass is 10.0. The first kappa shape index (κ1) is 25.4. The van der Waals surface area contributed by atoms with Crippen LogP contribution in [0.25, 0.3) is 0 Å². The number of carbonyl (C=O) groups is 1. The van der Waals surface area contributed by atoms with E-state index in [1.54, 1.807) is 0 Å². The lowest BCUT2D eigenvalue weighted by molar-refractivity contribution is -0.127. The van der Waals surface area contributed by atoms with E-state index in [9.17, 15) is 4.79 Å². The highest BCUT2D eigenvalue weighted by Gasteiger charge is 2.22. The molecule has 2 saturated heterocycles. The Morgan fingerprint density at radius 1 is 1.21 bits per heavy atom. The largest absolute Gasteiger partial charge is 0.379 e. The molecule has 0 aromatic heterocycles. The molecular weight excluding hydrogens is 469 g/mol. The molecule has 1 atom stereocenters. The minimum Gasteiger partial charge on any atom is -0.379 e. The normalized spacial score (nSPS) is 19.6. The zero-order valence-electron chi connectivity index (χ0n) is 17.9. The maximum Gasteiger partial charge on any atom is 0.222 e. The average Bonchev–Trinajstić information content (AvgIpc) is 3.07. The molecule has 0 bridgehead atoms. The van der Waals surface area contributed by atoms with E-state index in [-0.39, 0.29) is 24.0 Å². The lowest BCUT2D eigenvalue weighted by Gasteiger charge is -2.34. The number of nitrogens with zero attached hydrogens (tertiary/aromatic N) is 3. The third-order valence-corrected chi connectivity index (χ3v) is 5.18. The molecule has 8 heteroatoms. The summed E-state index contributed by atoms with van der Waals surface area (Å²) in [6, 6.07) is 0.464. The molecule has 0 aromatic carbocycles. The highest BCUT2D eigenvalue weighted by Crippen LogP contribution is 2.14. The summed E-state index contributed by atoms with van der Waals surface area (Å²) in [6.45, 7) is 14.6. The zero-order chi connectivity index (χ0) is 19.5. The summed E-state index contributed by atoms with van der Waals surface area (Å²) in [4.78, 5) is 21.0. The first-order chi connectivity index (χ1) is 13.1. The summed E-state index contributed by atoms with van der Waals surface area (Å²) in [5.41, 5.74) is 0. The van der Waals surface area contributed by atoms with E-state index in [2.05, 4.69) is 36.3 Å². The van der Waals surface area contributed by atoms with E-state index >= 15 is 0 Å². The van der Waals surface area contributed by atoms with Gasteiger partial charge in [0.15, 0.2) is 5.96 Å². The molecule has 2 heterocycles. The Kier molecular flexibility index (Phi) is 13.1. The number of rotatable bonds is 10. The van der Waals surface area contributed by atoms with Gasteiger partial charge in [-0.25, -0.2) is 0 Å². The van der Waals surface area contributed by atoms with Crippen molar-refractivity contribution >= 4 is 35.8 Å².